The van der Waals surface area contributed by atoms with Crippen molar-refractivity contribution in [3.05, 3.63) is 53.9 Å². The summed E-state index contributed by atoms with van der Waals surface area (Å²) in [7, 11) is 3.01. The van der Waals surface area contributed by atoms with Gasteiger partial charge < -0.3 is 14.8 Å². The molecule has 0 saturated carbocycles. The first-order chi connectivity index (χ1) is 12.1. The lowest BCUT2D eigenvalue weighted by Crippen LogP contribution is -2.42. The summed E-state index contributed by atoms with van der Waals surface area (Å²) < 4.78 is 10.4. The van der Waals surface area contributed by atoms with Gasteiger partial charge in [-0.2, -0.15) is 0 Å². The van der Waals surface area contributed by atoms with E-state index in [1.165, 1.54) is 14.2 Å². The Labute approximate surface area is 144 Å². The van der Waals surface area contributed by atoms with Gasteiger partial charge in [0.15, 0.2) is 11.5 Å². The molecule has 1 aliphatic rings. The number of benzene rings is 1. The molecular weight excluding hydrogens is 324 g/mol. The van der Waals surface area contributed by atoms with E-state index in [4.69, 9.17) is 9.47 Å². The highest BCUT2D eigenvalue weighted by molar-refractivity contribution is 5.98. The Morgan fingerprint density at radius 2 is 2.00 bits per heavy atom. The Hall–Kier alpha value is -3.13. The molecule has 25 heavy (non-hydrogen) atoms. The van der Waals surface area contributed by atoms with Gasteiger partial charge in [-0.05, 0) is 29.8 Å². The van der Waals surface area contributed by atoms with Crippen LogP contribution >= 0.6 is 0 Å². The van der Waals surface area contributed by atoms with Gasteiger partial charge in [0.2, 0.25) is 0 Å². The fourth-order valence-electron chi connectivity index (χ4n) is 2.65. The van der Waals surface area contributed by atoms with E-state index in [0.29, 0.717) is 17.1 Å². The van der Waals surface area contributed by atoms with Crippen molar-refractivity contribution in [3.63, 3.8) is 0 Å². The molecule has 0 spiro atoms. The summed E-state index contributed by atoms with van der Waals surface area (Å²) in [5.41, 5.74) is 6.56. The lowest BCUT2D eigenvalue weighted by atomic mass is 10.0. The third kappa shape index (κ3) is 3.38. The summed E-state index contributed by atoms with van der Waals surface area (Å²) in [4.78, 5) is 28.7. The van der Waals surface area contributed by atoms with Crippen LogP contribution in [0.1, 0.15) is 22.0 Å². The molecule has 0 unspecified atom stereocenters. The lowest BCUT2D eigenvalue weighted by Gasteiger charge is -2.18. The van der Waals surface area contributed by atoms with Crippen molar-refractivity contribution < 1.29 is 19.1 Å². The maximum atomic E-state index is 12.6. The molecule has 8 heteroatoms. The van der Waals surface area contributed by atoms with Crippen molar-refractivity contribution >= 4 is 11.8 Å². The van der Waals surface area contributed by atoms with Gasteiger partial charge in [-0.25, -0.2) is 5.43 Å². The first kappa shape index (κ1) is 16.7. The summed E-state index contributed by atoms with van der Waals surface area (Å²) in [5.74, 6) is 0.252. The number of carbonyl (C=O) groups excluding carboxylic acids is 2. The first-order valence-corrected chi connectivity index (χ1v) is 7.62. The molecule has 0 bridgehead atoms. The quantitative estimate of drug-likeness (QED) is 0.734. The second kappa shape index (κ2) is 7.18. The number of amides is 2. The molecule has 130 valence electrons. The number of pyridine rings is 1. The summed E-state index contributed by atoms with van der Waals surface area (Å²) in [5, 5.41) is 2.74. The standard InChI is InChI=1S/C17H18N4O4/c1-24-12-6-5-10(8-13(12)25-2)16(22)19-15-14(20-21-17(15)23)11-4-3-7-18-9-11/h3-9,14-15,20H,1-2H3,(H,19,22)(H,21,23)/t14-,15+/m0/s1. The minimum Gasteiger partial charge on any atom is -0.493 e. The van der Waals surface area contributed by atoms with Gasteiger partial charge in [0.1, 0.15) is 6.04 Å². The van der Waals surface area contributed by atoms with Crippen LogP contribution in [0.25, 0.3) is 0 Å². The largest absolute Gasteiger partial charge is 0.493 e. The van der Waals surface area contributed by atoms with E-state index < -0.39 is 18.0 Å². The van der Waals surface area contributed by atoms with Gasteiger partial charge in [0.25, 0.3) is 11.8 Å². The number of methoxy groups -OCH3 is 2. The van der Waals surface area contributed by atoms with E-state index in [2.05, 4.69) is 21.2 Å². The summed E-state index contributed by atoms with van der Waals surface area (Å²) in [6, 6.07) is 7.24. The predicted molar refractivity (Wildman–Crippen MR) is 89.1 cm³/mol. The van der Waals surface area contributed by atoms with Crippen molar-refractivity contribution in [2.75, 3.05) is 14.2 Å². The van der Waals surface area contributed by atoms with Crippen LogP contribution < -0.4 is 25.6 Å². The molecule has 1 saturated heterocycles. The summed E-state index contributed by atoms with van der Waals surface area (Å²) >= 11 is 0. The van der Waals surface area contributed by atoms with Crippen LogP contribution in [0.4, 0.5) is 0 Å². The van der Waals surface area contributed by atoms with Crippen molar-refractivity contribution in [1.82, 2.24) is 21.2 Å². The molecule has 2 atom stereocenters. The number of aromatic nitrogens is 1. The minimum atomic E-state index is -0.759. The van der Waals surface area contributed by atoms with Crippen molar-refractivity contribution in [3.8, 4) is 11.5 Å². The van der Waals surface area contributed by atoms with E-state index >= 15 is 0 Å². The zero-order valence-corrected chi connectivity index (χ0v) is 13.8. The van der Waals surface area contributed by atoms with Gasteiger partial charge >= 0.3 is 0 Å². The van der Waals surface area contributed by atoms with Crippen LogP contribution in [0.3, 0.4) is 0 Å². The number of carbonyl (C=O) groups is 2. The van der Waals surface area contributed by atoms with Gasteiger partial charge in [-0.1, -0.05) is 6.07 Å². The highest BCUT2D eigenvalue weighted by atomic mass is 16.5. The van der Waals surface area contributed by atoms with Gasteiger partial charge in [-0.3, -0.25) is 20.0 Å². The Kier molecular flexibility index (Phi) is 4.80. The molecule has 1 aliphatic heterocycles. The Morgan fingerprint density at radius 1 is 1.20 bits per heavy atom. The fourth-order valence-corrected chi connectivity index (χ4v) is 2.65. The average molecular weight is 342 g/mol. The average Bonchev–Trinajstić information content (AvgIpc) is 3.02. The van der Waals surface area contributed by atoms with E-state index in [9.17, 15) is 9.59 Å². The molecule has 1 fully saturated rings. The van der Waals surface area contributed by atoms with E-state index in [1.807, 2.05) is 6.07 Å². The summed E-state index contributed by atoms with van der Waals surface area (Å²) in [6.45, 7) is 0. The Morgan fingerprint density at radius 3 is 2.68 bits per heavy atom. The van der Waals surface area contributed by atoms with Crippen LogP contribution in [0, 0.1) is 0 Å². The fraction of sp³-hybridized carbons (Fsp3) is 0.235. The second-order valence-electron chi connectivity index (χ2n) is 5.42. The Balaban J connectivity index is 1.80. The summed E-state index contributed by atoms with van der Waals surface area (Å²) in [6.07, 6.45) is 3.29. The molecule has 2 amide bonds. The number of ether oxygens (including phenoxy) is 2. The molecule has 1 aromatic carbocycles. The van der Waals surface area contributed by atoms with Gasteiger partial charge in [0.05, 0.1) is 20.3 Å². The predicted octanol–water partition coefficient (Wildman–Crippen LogP) is 0.573. The second-order valence-corrected chi connectivity index (χ2v) is 5.42. The van der Waals surface area contributed by atoms with Crippen LogP contribution in [-0.2, 0) is 4.79 Å². The molecule has 2 heterocycles. The molecule has 8 nitrogen and oxygen atoms in total. The maximum absolute atomic E-state index is 12.6. The molecule has 0 aliphatic carbocycles. The van der Waals surface area contributed by atoms with Crippen molar-refractivity contribution in [2.45, 2.75) is 12.1 Å². The number of hydrazine groups is 1. The molecule has 3 rings (SSSR count). The lowest BCUT2D eigenvalue weighted by molar-refractivity contribution is -0.121. The van der Waals surface area contributed by atoms with Crippen molar-refractivity contribution in [1.29, 1.82) is 0 Å². The topological polar surface area (TPSA) is 102 Å². The van der Waals surface area contributed by atoms with E-state index in [1.54, 1.807) is 36.7 Å². The van der Waals surface area contributed by atoms with Gasteiger partial charge in [-0.15, -0.1) is 0 Å². The molecule has 1 aromatic heterocycles. The smallest absolute Gasteiger partial charge is 0.258 e. The molecular formula is C17H18N4O4. The normalized spacial score (nSPS) is 19.2. The third-order valence-corrected chi connectivity index (χ3v) is 3.94. The number of rotatable bonds is 5. The first-order valence-electron chi connectivity index (χ1n) is 7.62. The zero-order valence-electron chi connectivity index (χ0n) is 13.8. The van der Waals surface area contributed by atoms with Crippen LogP contribution in [0.2, 0.25) is 0 Å². The number of nitrogens with one attached hydrogen (secondary N) is 3. The third-order valence-electron chi connectivity index (χ3n) is 3.94. The SMILES string of the molecule is COc1ccc(C(=O)N[C@H]2C(=O)NN[C@H]2c2cccnc2)cc1OC. The monoisotopic (exact) mass is 342 g/mol. The van der Waals surface area contributed by atoms with Crippen LogP contribution in [0.5, 0.6) is 11.5 Å². The molecule has 3 N–H and O–H groups in total. The Bertz CT molecular complexity index is 781. The highest BCUT2D eigenvalue weighted by Gasteiger charge is 2.37. The van der Waals surface area contributed by atoms with Gasteiger partial charge in [0, 0.05) is 18.0 Å². The minimum absolute atomic E-state index is 0.317. The number of nitrogens with zero attached hydrogens (tertiary/aromatic N) is 1. The molecule has 2 aromatic rings. The van der Waals surface area contributed by atoms with Crippen LogP contribution in [-0.4, -0.2) is 37.1 Å². The maximum Gasteiger partial charge on any atom is 0.258 e. The van der Waals surface area contributed by atoms with Crippen molar-refractivity contribution in [2.24, 2.45) is 0 Å². The number of hydrogen-bond donors (Lipinski definition) is 3. The van der Waals surface area contributed by atoms with Crippen LogP contribution in [0.15, 0.2) is 42.7 Å². The zero-order chi connectivity index (χ0) is 17.8. The van der Waals surface area contributed by atoms with E-state index in [-0.39, 0.29) is 5.91 Å². The molecule has 0 radical (unpaired) electrons. The highest BCUT2D eigenvalue weighted by Crippen LogP contribution is 2.28. The van der Waals surface area contributed by atoms with E-state index in [0.717, 1.165) is 5.56 Å². The number of hydrogen-bond acceptors (Lipinski definition) is 6.